The maximum absolute atomic E-state index is 13.7. The molecule has 2 amide bonds. The van der Waals surface area contributed by atoms with E-state index in [1.54, 1.807) is 56.3 Å². The van der Waals surface area contributed by atoms with Crippen LogP contribution >= 0.6 is 0 Å². The van der Waals surface area contributed by atoms with Crippen molar-refractivity contribution >= 4 is 29.2 Å². The van der Waals surface area contributed by atoms with Crippen LogP contribution in [0.4, 0.5) is 5.69 Å². The van der Waals surface area contributed by atoms with E-state index in [9.17, 15) is 19.6 Å². The summed E-state index contributed by atoms with van der Waals surface area (Å²) in [6, 6.07) is 14.1. The molecule has 3 N–H and O–H groups in total. The molecule has 2 aromatic carbocycles. The van der Waals surface area contributed by atoms with E-state index in [1.165, 1.54) is 7.11 Å². The number of benzene rings is 2. The summed E-state index contributed by atoms with van der Waals surface area (Å²) in [5.74, 6) is 0.326. The summed E-state index contributed by atoms with van der Waals surface area (Å²) in [6.45, 7) is 5.48. The van der Waals surface area contributed by atoms with Gasteiger partial charge in [-0.15, -0.1) is 6.42 Å². The van der Waals surface area contributed by atoms with Crippen LogP contribution in [0, 0.1) is 23.5 Å². The summed E-state index contributed by atoms with van der Waals surface area (Å²) in [5, 5.41) is 21.3. The first-order valence-corrected chi connectivity index (χ1v) is 12.6. The molecule has 0 saturated carbocycles. The molecule has 2 aliphatic heterocycles. The Morgan fingerprint density at radius 3 is 2.51 bits per heavy atom. The summed E-state index contributed by atoms with van der Waals surface area (Å²) in [4.78, 5) is 38.4. The number of amides is 2. The zero-order valence-corrected chi connectivity index (χ0v) is 22.3. The van der Waals surface area contributed by atoms with Crippen LogP contribution < -0.4 is 15.8 Å². The standard InChI is InChI=1S/C30H30N4O5/c1-6-19-9-8-10-22(15-19)27-25(17(3)31-18(4)26(27)30(37)39-5)29(36)32-23-13-11-21(12-14-23)28-20(7-2)16-24(35)34(38)33-28/h1,8-15,20,27,31,34H,7,16H2,2-5H3,(H,32,36). The first-order valence-electron chi connectivity index (χ1n) is 12.6. The lowest BCUT2D eigenvalue weighted by atomic mass is 9.79. The Morgan fingerprint density at radius 1 is 1.18 bits per heavy atom. The number of terminal acetylenes is 1. The summed E-state index contributed by atoms with van der Waals surface area (Å²) in [7, 11) is 1.30. The second kappa shape index (κ2) is 11.5. The van der Waals surface area contributed by atoms with E-state index in [0.29, 0.717) is 57.1 Å². The van der Waals surface area contributed by atoms with Crippen molar-refractivity contribution in [2.24, 2.45) is 11.0 Å². The van der Waals surface area contributed by atoms with Gasteiger partial charge in [0.2, 0.25) is 0 Å². The van der Waals surface area contributed by atoms with E-state index in [-0.39, 0.29) is 12.3 Å². The van der Waals surface area contributed by atoms with Gasteiger partial charge in [-0.05, 0) is 50.1 Å². The van der Waals surface area contributed by atoms with Crippen LogP contribution in [0.15, 0.2) is 76.2 Å². The molecule has 0 spiro atoms. The number of esters is 1. The largest absolute Gasteiger partial charge is 0.599 e. The number of nitrogens with zero attached hydrogens (tertiary/aromatic N) is 1. The van der Waals surface area contributed by atoms with Crippen molar-refractivity contribution < 1.29 is 24.3 Å². The van der Waals surface area contributed by atoms with Crippen molar-refractivity contribution in [2.45, 2.75) is 39.5 Å². The van der Waals surface area contributed by atoms with Crippen LogP contribution in [0.2, 0.25) is 0 Å². The SMILES string of the molecule is C#Cc1cccc(C2C(C(=O)Nc3ccc(C4=N[NH+]([O-])C(=O)CC4CC)cc3)=C(C)NC(C)=C2C(=O)OC)c1. The van der Waals surface area contributed by atoms with Crippen LogP contribution in [0.3, 0.4) is 0 Å². The number of dihydropyridines is 1. The molecular formula is C30H30N4O5. The minimum Gasteiger partial charge on any atom is -0.599 e. The third-order valence-corrected chi connectivity index (χ3v) is 7.01. The molecule has 3 unspecified atom stereocenters. The number of hydroxylamine groups is 1. The fraction of sp³-hybridized carbons (Fsp3) is 0.267. The van der Waals surface area contributed by atoms with Crippen molar-refractivity contribution in [3.63, 3.8) is 0 Å². The highest BCUT2D eigenvalue weighted by atomic mass is 16.5. The second-order valence-corrected chi connectivity index (χ2v) is 9.46. The average Bonchev–Trinajstić information content (AvgIpc) is 2.93. The summed E-state index contributed by atoms with van der Waals surface area (Å²) >= 11 is 0. The third-order valence-electron chi connectivity index (χ3n) is 7.01. The minimum atomic E-state index is -0.732. The van der Waals surface area contributed by atoms with E-state index in [1.807, 2.05) is 13.0 Å². The monoisotopic (exact) mass is 526 g/mol. The molecule has 3 atom stereocenters. The van der Waals surface area contributed by atoms with E-state index in [2.05, 4.69) is 21.7 Å². The summed E-state index contributed by atoms with van der Waals surface area (Å²) < 4.78 is 5.07. The molecule has 39 heavy (non-hydrogen) atoms. The van der Waals surface area contributed by atoms with Crippen LogP contribution in [0.25, 0.3) is 0 Å². The van der Waals surface area contributed by atoms with Gasteiger partial charge in [-0.3, -0.25) is 4.79 Å². The molecule has 2 heterocycles. The van der Waals surface area contributed by atoms with E-state index >= 15 is 0 Å². The number of allylic oxidation sites excluding steroid dienone is 2. The number of carbonyl (C=O) groups is 3. The Labute approximate surface area is 227 Å². The molecule has 2 aromatic rings. The van der Waals surface area contributed by atoms with Crippen molar-refractivity contribution in [3.05, 3.63) is 93.0 Å². The zero-order chi connectivity index (χ0) is 28.3. The van der Waals surface area contributed by atoms with Gasteiger partial charge < -0.3 is 20.6 Å². The highest BCUT2D eigenvalue weighted by Crippen LogP contribution is 2.39. The Kier molecular flexibility index (Phi) is 8.10. The number of hydrogen-bond acceptors (Lipinski definition) is 7. The maximum Gasteiger partial charge on any atom is 0.338 e. The average molecular weight is 527 g/mol. The van der Waals surface area contributed by atoms with Crippen LogP contribution in [-0.4, -0.2) is 30.6 Å². The van der Waals surface area contributed by atoms with E-state index < -0.39 is 28.9 Å². The number of methoxy groups -OCH3 is 1. The maximum atomic E-state index is 13.7. The quantitative estimate of drug-likeness (QED) is 0.302. The van der Waals surface area contributed by atoms with Crippen molar-refractivity contribution in [2.75, 3.05) is 12.4 Å². The van der Waals surface area contributed by atoms with Crippen molar-refractivity contribution in [3.8, 4) is 12.3 Å². The number of ether oxygens (including phenoxy) is 1. The van der Waals surface area contributed by atoms with Gasteiger partial charge in [0.1, 0.15) is 5.71 Å². The van der Waals surface area contributed by atoms with Gasteiger partial charge in [-0.25, -0.2) is 9.59 Å². The first-order chi connectivity index (χ1) is 18.7. The van der Waals surface area contributed by atoms with Crippen LogP contribution in [0.1, 0.15) is 56.2 Å². The molecule has 9 nitrogen and oxygen atoms in total. The topological polar surface area (TPSA) is 124 Å². The Hall–Kier alpha value is -4.52. The minimum absolute atomic E-state index is 0.136. The lowest BCUT2D eigenvalue weighted by Crippen LogP contribution is -3.06. The molecule has 0 aliphatic carbocycles. The Bertz CT molecular complexity index is 1460. The van der Waals surface area contributed by atoms with Gasteiger partial charge in [-0.1, -0.05) is 42.2 Å². The lowest BCUT2D eigenvalue weighted by molar-refractivity contribution is -0.774. The fourth-order valence-electron chi connectivity index (χ4n) is 5.05. The predicted octanol–water partition coefficient (Wildman–Crippen LogP) is 2.76. The molecule has 0 saturated heterocycles. The highest BCUT2D eigenvalue weighted by molar-refractivity contribution is 6.09. The van der Waals surface area contributed by atoms with E-state index in [0.717, 1.165) is 0 Å². The summed E-state index contributed by atoms with van der Waals surface area (Å²) in [5.41, 5.74) is 4.96. The van der Waals surface area contributed by atoms with Gasteiger partial charge in [-0.2, -0.15) is 5.17 Å². The second-order valence-electron chi connectivity index (χ2n) is 9.46. The Morgan fingerprint density at radius 2 is 1.87 bits per heavy atom. The molecule has 0 fully saturated rings. The third kappa shape index (κ3) is 5.53. The fourth-order valence-corrected chi connectivity index (χ4v) is 5.05. The van der Waals surface area contributed by atoms with Gasteiger partial charge in [0.15, 0.2) is 0 Å². The van der Waals surface area contributed by atoms with Gasteiger partial charge >= 0.3 is 11.9 Å². The molecule has 0 radical (unpaired) electrons. The lowest BCUT2D eigenvalue weighted by Gasteiger charge is -2.31. The molecule has 4 rings (SSSR count). The highest BCUT2D eigenvalue weighted by Gasteiger charge is 2.37. The van der Waals surface area contributed by atoms with Gasteiger partial charge in [0.25, 0.3) is 5.91 Å². The molecular weight excluding hydrogens is 496 g/mol. The number of hydrogen-bond donors (Lipinski definition) is 3. The van der Waals surface area contributed by atoms with Crippen molar-refractivity contribution in [1.29, 1.82) is 0 Å². The van der Waals surface area contributed by atoms with Crippen LogP contribution in [-0.2, 0) is 19.1 Å². The number of rotatable bonds is 6. The first kappa shape index (κ1) is 27.5. The Balaban J connectivity index is 1.67. The molecule has 9 heteroatoms. The number of carbonyl (C=O) groups excluding carboxylic acids is 3. The van der Waals surface area contributed by atoms with Gasteiger partial charge in [0.05, 0.1) is 25.0 Å². The zero-order valence-electron chi connectivity index (χ0n) is 22.3. The number of quaternary nitrogens is 1. The number of nitrogens with one attached hydrogen (secondary N) is 3. The van der Waals surface area contributed by atoms with Crippen molar-refractivity contribution in [1.82, 2.24) is 5.32 Å². The predicted molar refractivity (Wildman–Crippen MR) is 147 cm³/mol. The summed E-state index contributed by atoms with van der Waals surface area (Å²) in [6.07, 6.45) is 6.44. The van der Waals surface area contributed by atoms with Gasteiger partial charge in [0, 0.05) is 39.7 Å². The molecule has 200 valence electrons. The number of anilines is 1. The molecule has 0 aromatic heterocycles. The van der Waals surface area contributed by atoms with E-state index in [4.69, 9.17) is 11.2 Å². The normalized spacial score (nSPS) is 21.1. The molecule has 0 bridgehead atoms. The smallest absolute Gasteiger partial charge is 0.338 e. The molecule has 2 aliphatic rings. The van der Waals surface area contributed by atoms with Crippen LogP contribution in [0.5, 0.6) is 0 Å².